The third kappa shape index (κ3) is 7.87. The summed E-state index contributed by atoms with van der Waals surface area (Å²) in [5, 5.41) is 14.7. The number of aromatic nitrogens is 2. The van der Waals surface area contributed by atoms with Gasteiger partial charge in [0.15, 0.2) is 0 Å². The lowest BCUT2D eigenvalue weighted by atomic mass is 10.0. The van der Waals surface area contributed by atoms with Crippen LogP contribution < -0.4 is 22.1 Å². The largest absolute Gasteiger partial charge is 0.480 e. The number of carbonyl (C=O) groups is 5. The minimum absolute atomic E-state index is 0.0217. The van der Waals surface area contributed by atoms with Crippen LogP contribution in [0, 0.1) is 0 Å². The second-order valence-electron chi connectivity index (χ2n) is 9.23. The molecule has 1 aromatic carbocycles. The van der Waals surface area contributed by atoms with E-state index in [4.69, 9.17) is 11.5 Å². The van der Waals surface area contributed by atoms with Gasteiger partial charge in [0.1, 0.15) is 18.1 Å². The van der Waals surface area contributed by atoms with Gasteiger partial charge in [0.2, 0.25) is 23.6 Å². The predicted molar refractivity (Wildman–Crippen MR) is 135 cm³/mol. The Morgan fingerprint density at radius 1 is 1.08 bits per heavy atom. The molecule has 0 bridgehead atoms. The van der Waals surface area contributed by atoms with Gasteiger partial charge in [0.05, 0.1) is 12.4 Å². The summed E-state index contributed by atoms with van der Waals surface area (Å²) in [4.78, 5) is 70.6. The number of H-pyrrole nitrogens is 1. The van der Waals surface area contributed by atoms with E-state index in [9.17, 15) is 29.1 Å². The van der Waals surface area contributed by atoms with Gasteiger partial charge in [-0.25, -0.2) is 9.78 Å². The highest BCUT2D eigenvalue weighted by atomic mass is 16.4. The Morgan fingerprint density at radius 3 is 2.42 bits per heavy atom. The number of hydrogen-bond acceptors (Lipinski definition) is 7. The van der Waals surface area contributed by atoms with Gasteiger partial charge in [-0.05, 0) is 31.2 Å². The molecule has 1 aliphatic heterocycles. The molecule has 1 aromatic heterocycles. The molecule has 8 N–H and O–H groups in total. The van der Waals surface area contributed by atoms with E-state index < -0.39 is 53.8 Å². The number of hydrogen-bond donors (Lipinski definition) is 6. The molecule has 1 aliphatic rings. The zero-order valence-electron chi connectivity index (χ0n) is 20.8. The maximum Gasteiger partial charge on any atom is 0.326 e. The van der Waals surface area contributed by atoms with Crippen LogP contribution in [0.2, 0.25) is 0 Å². The Bertz CT molecular complexity index is 1120. The van der Waals surface area contributed by atoms with Crippen molar-refractivity contribution in [2.24, 2.45) is 11.5 Å². The van der Waals surface area contributed by atoms with E-state index in [1.54, 1.807) is 0 Å². The number of aromatic amines is 1. The molecule has 4 amide bonds. The fourth-order valence-corrected chi connectivity index (χ4v) is 4.37. The van der Waals surface area contributed by atoms with Gasteiger partial charge in [0, 0.05) is 31.3 Å². The number of nitrogens with two attached hydrogens (primary N) is 2. The summed E-state index contributed by atoms with van der Waals surface area (Å²) in [6.07, 6.45) is 3.64. The summed E-state index contributed by atoms with van der Waals surface area (Å²) >= 11 is 0. The van der Waals surface area contributed by atoms with Crippen LogP contribution in [0.1, 0.15) is 36.9 Å². The Morgan fingerprint density at radius 2 is 1.79 bits per heavy atom. The van der Waals surface area contributed by atoms with E-state index in [1.807, 2.05) is 30.3 Å². The summed E-state index contributed by atoms with van der Waals surface area (Å²) < 4.78 is 0. The average Bonchev–Trinajstić information content (AvgIpc) is 3.58. The molecule has 0 radical (unpaired) electrons. The van der Waals surface area contributed by atoms with Crippen molar-refractivity contribution in [1.82, 2.24) is 25.5 Å². The molecule has 2 aromatic rings. The summed E-state index contributed by atoms with van der Waals surface area (Å²) in [7, 11) is 0. The molecule has 1 saturated heterocycles. The highest BCUT2D eigenvalue weighted by Gasteiger charge is 2.38. The van der Waals surface area contributed by atoms with Gasteiger partial charge in [0.25, 0.3) is 0 Å². The highest BCUT2D eigenvalue weighted by Crippen LogP contribution is 2.20. The number of nitrogens with one attached hydrogen (secondary N) is 3. The summed E-state index contributed by atoms with van der Waals surface area (Å²) in [6.45, 7) is 0.210. The molecule has 0 aliphatic carbocycles. The lowest BCUT2D eigenvalue weighted by Crippen LogP contribution is -2.58. The standard InChI is InChI=1S/C25H33N7O6/c26-17(11-15-5-2-1-3-6-15)22(34)31-19(12-16-13-28-14-29-16)23(35)30-18(8-9-21(27)33)24(36)32-10-4-7-20(32)25(37)38/h1-3,5-6,13-14,17-20H,4,7-12,26H2,(H2,27,33)(H,28,29)(H,30,35)(H,31,34)(H,37,38). The maximum atomic E-state index is 13.4. The minimum Gasteiger partial charge on any atom is -0.480 e. The average molecular weight is 528 g/mol. The molecule has 13 heteroatoms. The Hall–Kier alpha value is -4.26. The molecule has 204 valence electrons. The lowest BCUT2D eigenvalue weighted by Gasteiger charge is -2.28. The normalized spacial score (nSPS) is 17.3. The van der Waals surface area contributed by atoms with Gasteiger partial charge in [-0.1, -0.05) is 30.3 Å². The van der Waals surface area contributed by atoms with Crippen molar-refractivity contribution in [1.29, 1.82) is 0 Å². The molecule has 2 heterocycles. The van der Waals surface area contributed by atoms with Crippen LogP contribution in [0.4, 0.5) is 0 Å². The van der Waals surface area contributed by atoms with E-state index in [-0.39, 0.29) is 38.6 Å². The number of amides is 4. The van der Waals surface area contributed by atoms with Crippen LogP contribution in [-0.4, -0.2) is 80.3 Å². The van der Waals surface area contributed by atoms with Crippen LogP contribution in [0.3, 0.4) is 0 Å². The summed E-state index contributed by atoms with van der Waals surface area (Å²) in [6, 6.07) is 4.85. The van der Waals surface area contributed by atoms with Crippen molar-refractivity contribution >= 4 is 29.6 Å². The smallest absolute Gasteiger partial charge is 0.326 e. The van der Waals surface area contributed by atoms with Crippen LogP contribution in [0.25, 0.3) is 0 Å². The fourth-order valence-electron chi connectivity index (χ4n) is 4.37. The van der Waals surface area contributed by atoms with Crippen molar-refractivity contribution in [2.75, 3.05) is 6.54 Å². The Kier molecular flexibility index (Phi) is 9.93. The molecule has 13 nitrogen and oxygen atoms in total. The van der Waals surface area contributed by atoms with Gasteiger partial charge in [-0.3, -0.25) is 19.2 Å². The van der Waals surface area contributed by atoms with Gasteiger partial charge in [-0.15, -0.1) is 0 Å². The number of carboxylic acids is 1. The first-order chi connectivity index (χ1) is 18.2. The monoisotopic (exact) mass is 527 g/mol. The van der Waals surface area contributed by atoms with Gasteiger partial charge < -0.3 is 37.1 Å². The van der Waals surface area contributed by atoms with E-state index >= 15 is 0 Å². The van der Waals surface area contributed by atoms with E-state index in [1.165, 1.54) is 17.4 Å². The zero-order valence-corrected chi connectivity index (χ0v) is 20.8. The first-order valence-electron chi connectivity index (χ1n) is 12.3. The topological polar surface area (TPSA) is 214 Å². The van der Waals surface area contributed by atoms with Crippen molar-refractivity contribution in [3.8, 4) is 0 Å². The van der Waals surface area contributed by atoms with Gasteiger partial charge in [-0.2, -0.15) is 0 Å². The Labute approximate surface area is 219 Å². The zero-order chi connectivity index (χ0) is 27.7. The van der Waals surface area contributed by atoms with Crippen molar-refractivity contribution < 1.29 is 29.1 Å². The van der Waals surface area contributed by atoms with E-state index in [0.29, 0.717) is 12.1 Å². The van der Waals surface area contributed by atoms with Gasteiger partial charge >= 0.3 is 5.97 Å². The van der Waals surface area contributed by atoms with Crippen LogP contribution in [0.15, 0.2) is 42.9 Å². The third-order valence-electron chi connectivity index (χ3n) is 6.36. The molecule has 3 rings (SSSR count). The second kappa shape index (κ2) is 13.3. The molecular weight excluding hydrogens is 494 g/mol. The second-order valence-corrected chi connectivity index (χ2v) is 9.23. The molecule has 4 unspecified atom stereocenters. The summed E-state index contributed by atoms with van der Waals surface area (Å²) in [5.41, 5.74) is 12.8. The molecule has 38 heavy (non-hydrogen) atoms. The molecular formula is C25H33N7O6. The SMILES string of the molecule is NC(=O)CCC(NC(=O)C(Cc1cnc[nH]1)NC(=O)C(N)Cc1ccccc1)C(=O)N1CCCC1C(=O)O. The number of carbonyl (C=O) groups excluding carboxylic acids is 4. The molecule has 4 atom stereocenters. The molecule has 1 fully saturated rings. The molecule has 0 saturated carbocycles. The third-order valence-corrected chi connectivity index (χ3v) is 6.36. The first kappa shape index (κ1) is 28.3. The minimum atomic E-state index is -1.21. The van der Waals surface area contributed by atoms with Crippen molar-refractivity contribution in [2.45, 2.75) is 62.7 Å². The number of aliphatic carboxylic acids is 1. The summed E-state index contributed by atoms with van der Waals surface area (Å²) in [5.74, 6) is -3.72. The number of imidazole rings is 1. The van der Waals surface area contributed by atoms with Crippen molar-refractivity contribution in [3.05, 3.63) is 54.1 Å². The first-order valence-corrected chi connectivity index (χ1v) is 12.3. The number of carboxylic acid groups (broad SMARTS) is 1. The number of benzene rings is 1. The number of likely N-dealkylation sites (tertiary alicyclic amines) is 1. The maximum absolute atomic E-state index is 13.4. The highest BCUT2D eigenvalue weighted by molar-refractivity contribution is 5.94. The fraction of sp³-hybridized carbons (Fsp3) is 0.440. The van der Waals surface area contributed by atoms with Crippen LogP contribution in [0.5, 0.6) is 0 Å². The lowest BCUT2D eigenvalue weighted by molar-refractivity contribution is -0.149. The van der Waals surface area contributed by atoms with E-state index in [2.05, 4.69) is 20.6 Å². The predicted octanol–water partition coefficient (Wildman–Crippen LogP) is -1.17. The van der Waals surface area contributed by atoms with E-state index in [0.717, 1.165) is 5.56 Å². The van der Waals surface area contributed by atoms with Crippen LogP contribution >= 0.6 is 0 Å². The van der Waals surface area contributed by atoms with Crippen LogP contribution in [-0.2, 0) is 36.8 Å². The number of rotatable bonds is 13. The van der Waals surface area contributed by atoms with Crippen molar-refractivity contribution in [3.63, 3.8) is 0 Å². The Balaban J connectivity index is 1.75. The number of primary amides is 1. The quantitative estimate of drug-likeness (QED) is 0.186. The molecule has 0 spiro atoms. The number of nitrogens with zero attached hydrogens (tertiary/aromatic N) is 2.